The minimum Gasteiger partial charge on any atom is -0.476 e. The Labute approximate surface area is 110 Å². The maximum Gasteiger partial charge on any atom is 0.365 e. The van der Waals surface area contributed by atoms with Crippen LogP contribution in [-0.2, 0) is 5.75 Å². The summed E-state index contributed by atoms with van der Waals surface area (Å²) in [6, 6.07) is 0. The molecule has 17 heavy (non-hydrogen) atoms. The van der Waals surface area contributed by atoms with Crippen molar-refractivity contribution in [3.8, 4) is 0 Å². The van der Waals surface area contributed by atoms with E-state index < -0.39 is 5.97 Å². The van der Waals surface area contributed by atoms with Gasteiger partial charge in [-0.05, 0) is 6.92 Å². The lowest BCUT2D eigenvalue weighted by Gasteiger charge is -1.95. The van der Waals surface area contributed by atoms with Crippen LogP contribution in [0, 0.1) is 6.92 Å². The first-order chi connectivity index (χ1) is 8.06. The van der Waals surface area contributed by atoms with E-state index in [0.29, 0.717) is 10.9 Å². The minimum atomic E-state index is -0.982. The van der Waals surface area contributed by atoms with E-state index in [1.807, 2.05) is 6.92 Å². The van der Waals surface area contributed by atoms with Gasteiger partial charge in [0.15, 0.2) is 5.13 Å². The van der Waals surface area contributed by atoms with Gasteiger partial charge in [-0.25, -0.2) is 14.8 Å². The molecule has 0 saturated carbocycles. The normalized spacial score (nSPS) is 10.6. The standard InChI is InChI=1S/C9H9N3O2S3/c1-4-8(17-9(10)11-4)16-3-5-2-15-6(12-5)7(13)14/h2H,3H2,1H3,(H2,10,11)(H,13,14). The Morgan fingerprint density at radius 3 is 2.88 bits per heavy atom. The largest absolute Gasteiger partial charge is 0.476 e. The van der Waals surface area contributed by atoms with E-state index in [-0.39, 0.29) is 5.01 Å². The van der Waals surface area contributed by atoms with Gasteiger partial charge >= 0.3 is 5.97 Å². The summed E-state index contributed by atoms with van der Waals surface area (Å²) < 4.78 is 1.05. The first kappa shape index (κ1) is 12.3. The van der Waals surface area contributed by atoms with E-state index in [1.54, 1.807) is 17.1 Å². The number of thioether (sulfide) groups is 1. The average Bonchev–Trinajstić information content (AvgIpc) is 2.82. The van der Waals surface area contributed by atoms with E-state index in [0.717, 1.165) is 26.9 Å². The highest BCUT2D eigenvalue weighted by molar-refractivity contribution is 8.00. The van der Waals surface area contributed by atoms with Gasteiger partial charge in [-0.15, -0.1) is 23.1 Å². The number of carboxylic acid groups (broad SMARTS) is 1. The van der Waals surface area contributed by atoms with Crippen molar-refractivity contribution >= 4 is 45.5 Å². The number of hydrogen-bond acceptors (Lipinski definition) is 7. The molecule has 0 bridgehead atoms. The zero-order valence-electron chi connectivity index (χ0n) is 8.84. The third kappa shape index (κ3) is 2.96. The number of hydrogen-bond donors (Lipinski definition) is 2. The van der Waals surface area contributed by atoms with E-state index in [9.17, 15) is 4.79 Å². The summed E-state index contributed by atoms with van der Waals surface area (Å²) in [6.07, 6.45) is 0. The molecule has 90 valence electrons. The highest BCUT2D eigenvalue weighted by atomic mass is 32.2. The smallest absolute Gasteiger partial charge is 0.365 e. The second kappa shape index (κ2) is 5.03. The Hall–Kier alpha value is -1.12. The molecule has 0 spiro atoms. The maximum atomic E-state index is 10.7. The topological polar surface area (TPSA) is 89.1 Å². The third-order valence-electron chi connectivity index (χ3n) is 1.86. The van der Waals surface area contributed by atoms with Crippen molar-refractivity contribution in [1.82, 2.24) is 9.97 Å². The first-order valence-corrected chi connectivity index (χ1v) is 7.28. The van der Waals surface area contributed by atoms with Crippen molar-refractivity contribution in [2.45, 2.75) is 16.9 Å². The first-order valence-electron chi connectivity index (χ1n) is 4.59. The molecule has 2 aromatic heterocycles. The summed E-state index contributed by atoms with van der Waals surface area (Å²) in [7, 11) is 0. The van der Waals surface area contributed by atoms with Crippen LogP contribution in [0.15, 0.2) is 9.59 Å². The predicted molar refractivity (Wildman–Crippen MR) is 69.9 cm³/mol. The molecule has 3 N–H and O–H groups in total. The SMILES string of the molecule is Cc1nc(N)sc1SCc1csc(C(=O)O)n1. The number of rotatable bonds is 4. The number of aromatic nitrogens is 2. The Morgan fingerprint density at radius 1 is 1.59 bits per heavy atom. The highest BCUT2D eigenvalue weighted by Crippen LogP contribution is 2.32. The molecule has 0 atom stereocenters. The van der Waals surface area contributed by atoms with Crippen molar-refractivity contribution in [1.29, 1.82) is 0 Å². The molecule has 0 aliphatic carbocycles. The highest BCUT2D eigenvalue weighted by Gasteiger charge is 2.11. The van der Waals surface area contributed by atoms with E-state index in [1.165, 1.54) is 11.3 Å². The molecular weight excluding hydrogens is 278 g/mol. The number of nitrogens with two attached hydrogens (primary N) is 1. The van der Waals surface area contributed by atoms with E-state index in [2.05, 4.69) is 9.97 Å². The van der Waals surface area contributed by atoms with E-state index in [4.69, 9.17) is 10.8 Å². The summed E-state index contributed by atoms with van der Waals surface area (Å²) in [6.45, 7) is 1.90. The summed E-state index contributed by atoms with van der Waals surface area (Å²) >= 11 is 4.15. The summed E-state index contributed by atoms with van der Waals surface area (Å²) in [5.74, 6) is -0.351. The van der Waals surface area contributed by atoms with Crippen LogP contribution in [0.2, 0.25) is 0 Å². The molecule has 5 nitrogen and oxygen atoms in total. The van der Waals surface area contributed by atoms with Crippen molar-refractivity contribution in [2.75, 3.05) is 5.73 Å². The van der Waals surface area contributed by atoms with Crippen LogP contribution in [0.25, 0.3) is 0 Å². The number of aryl methyl sites for hydroxylation is 1. The van der Waals surface area contributed by atoms with Crippen molar-refractivity contribution < 1.29 is 9.90 Å². The molecule has 0 saturated heterocycles. The molecule has 2 aromatic rings. The number of carboxylic acids is 1. The lowest BCUT2D eigenvalue weighted by atomic mass is 10.6. The second-order valence-corrected chi connectivity index (χ2v) is 6.30. The molecule has 0 radical (unpaired) electrons. The average molecular weight is 287 g/mol. The molecule has 0 unspecified atom stereocenters. The number of aromatic carboxylic acids is 1. The molecule has 0 amide bonds. The van der Waals surface area contributed by atoms with Crippen molar-refractivity contribution in [2.24, 2.45) is 0 Å². The van der Waals surface area contributed by atoms with Crippen LogP contribution < -0.4 is 5.73 Å². The maximum absolute atomic E-state index is 10.7. The van der Waals surface area contributed by atoms with Gasteiger partial charge in [-0.1, -0.05) is 11.3 Å². The fourth-order valence-corrected chi connectivity index (χ4v) is 3.82. The number of nitrogen functional groups attached to an aromatic ring is 1. The zero-order valence-corrected chi connectivity index (χ0v) is 11.3. The fraction of sp³-hybridized carbons (Fsp3) is 0.222. The van der Waals surface area contributed by atoms with Gasteiger partial charge in [0.05, 0.1) is 15.6 Å². The predicted octanol–water partition coefficient (Wildman–Crippen LogP) is 2.48. The molecule has 0 aromatic carbocycles. The Kier molecular flexibility index (Phi) is 3.65. The van der Waals surface area contributed by atoms with Gasteiger partial charge in [-0.3, -0.25) is 0 Å². The lowest BCUT2D eigenvalue weighted by Crippen LogP contribution is -1.94. The molecule has 0 fully saturated rings. The number of thiazole rings is 2. The van der Waals surface area contributed by atoms with Crippen LogP contribution in [-0.4, -0.2) is 21.0 Å². The second-order valence-electron chi connectivity index (χ2n) is 3.16. The molecular formula is C9H9N3O2S3. The van der Waals surface area contributed by atoms with Gasteiger partial charge in [0.1, 0.15) is 0 Å². The van der Waals surface area contributed by atoms with Gasteiger partial charge in [0, 0.05) is 11.1 Å². The minimum absolute atomic E-state index is 0.126. The summed E-state index contributed by atoms with van der Waals surface area (Å²) in [4.78, 5) is 18.8. The van der Waals surface area contributed by atoms with Crippen molar-refractivity contribution in [3.63, 3.8) is 0 Å². The molecule has 8 heteroatoms. The van der Waals surface area contributed by atoms with Crippen molar-refractivity contribution in [3.05, 3.63) is 21.8 Å². The van der Waals surface area contributed by atoms with Crippen LogP contribution in [0.5, 0.6) is 0 Å². The van der Waals surface area contributed by atoms with Crippen LogP contribution in [0.4, 0.5) is 5.13 Å². The molecule has 0 aliphatic rings. The van der Waals surface area contributed by atoms with Gasteiger partial charge < -0.3 is 10.8 Å². The fourth-order valence-electron chi connectivity index (χ4n) is 1.15. The third-order valence-corrected chi connectivity index (χ3v) is 5.12. The summed E-state index contributed by atoms with van der Waals surface area (Å²) in [5.41, 5.74) is 7.27. The van der Waals surface area contributed by atoms with Crippen LogP contribution >= 0.6 is 34.4 Å². The van der Waals surface area contributed by atoms with Gasteiger partial charge in [-0.2, -0.15) is 0 Å². The van der Waals surface area contributed by atoms with Gasteiger partial charge in [0.2, 0.25) is 5.01 Å². The lowest BCUT2D eigenvalue weighted by molar-refractivity contribution is 0.0696. The number of nitrogens with zero attached hydrogens (tertiary/aromatic N) is 2. The zero-order chi connectivity index (χ0) is 12.4. The molecule has 2 rings (SSSR count). The van der Waals surface area contributed by atoms with Crippen LogP contribution in [0.3, 0.4) is 0 Å². The van der Waals surface area contributed by atoms with Gasteiger partial charge in [0.25, 0.3) is 0 Å². The quantitative estimate of drug-likeness (QED) is 0.840. The molecule has 2 heterocycles. The Bertz CT molecular complexity index is 549. The number of carbonyl (C=O) groups is 1. The van der Waals surface area contributed by atoms with E-state index >= 15 is 0 Å². The monoisotopic (exact) mass is 287 g/mol. The Balaban J connectivity index is 2.02. The Morgan fingerprint density at radius 2 is 2.35 bits per heavy atom. The van der Waals surface area contributed by atoms with Crippen LogP contribution in [0.1, 0.15) is 21.2 Å². The summed E-state index contributed by atoms with van der Waals surface area (Å²) in [5, 5.41) is 11.2. The number of anilines is 1. The molecule has 0 aliphatic heterocycles.